The van der Waals surface area contributed by atoms with Gasteiger partial charge in [0.15, 0.2) is 0 Å². The molecule has 0 aliphatic carbocycles. The summed E-state index contributed by atoms with van der Waals surface area (Å²) in [5.41, 5.74) is 2.16. The minimum atomic E-state index is -0.783. The SMILES string of the molecule is CCc1ccc(NC(=O)C(=O)N[C@H](C)c2cc(OC)ccc2O)cc1. The molecule has 0 heterocycles. The zero-order valence-electron chi connectivity index (χ0n) is 14.5. The van der Waals surface area contributed by atoms with Crippen LogP contribution in [0.3, 0.4) is 0 Å². The topological polar surface area (TPSA) is 87.7 Å². The van der Waals surface area contributed by atoms with Crippen molar-refractivity contribution >= 4 is 17.5 Å². The number of hydrogen-bond acceptors (Lipinski definition) is 4. The quantitative estimate of drug-likeness (QED) is 0.729. The first-order chi connectivity index (χ1) is 11.9. The van der Waals surface area contributed by atoms with Crippen LogP contribution in [0, 0.1) is 0 Å². The maximum Gasteiger partial charge on any atom is 0.313 e. The fourth-order valence-corrected chi connectivity index (χ4v) is 2.36. The molecule has 2 rings (SSSR count). The van der Waals surface area contributed by atoms with Crippen molar-refractivity contribution in [1.29, 1.82) is 0 Å². The molecule has 0 radical (unpaired) electrons. The highest BCUT2D eigenvalue weighted by Crippen LogP contribution is 2.28. The zero-order valence-corrected chi connectivity index (χ0v) is 14.5. The van der Waals surface area contributed by atoms with Gasteiger partial charge in [-0.1, -0.05) is 19.1 Å². The van der Waals surface area contributed by atoms with Crippen LogP contribution in [-0.4, -0.2) is 24.0 Å². The summed E-state index contributed by atoms with van der Waals surface area (Å²) in [7, 11) is 1.51. The molecule has 2 aromatic carbocycles. The Hall–Kier alpha value is -3.02. The Kier molecular flexibility index (Phi) is 6.00. The molecule has 25 heavy (non-hydrogen) atoms. The first kappa shape index (κ1) is 18.3. The van der Waals surface area contributed by atoms with Crippen LogP contribution in [0.25, 0.3) is 0 Å². The van der Waals surface area contributed by atoms with Crippen LogP contribution in [0.2, 0.25) is 0 Å². The lowest BCUT2D eigenvalue weighted by atomic mass is 10.1. The van der Waals surface area contributed by atoms with E-state index in [-0.39, 0.29) is 5.75 Å². The molecular weight excluding hydrogens is 320 g/mol. The Morgan fingerprint density at radius 3 is 2.40 bits per heavy atom. The smallest absolute Gasteiger partial charge is 0.313 e. The molecule has 6 nitrogen and oxygen atoms in total. The summed E-state index contributed by atoms with van der Waals surface area (Å²) < 4.78 is 5.11. The third-order valence-corrected chi connectivity index (χ3v) is 3.88. The maximum atomic E-state index is 12.1. The Morgan fingerprint density at radius 2 is 1.80 bits per heavy atom. The number of aromatic hydroxyl groups is 1. The molecule has 0 saturated heterocycles. The van der Waals surface area contributed by atoms with Gasteiger partial charge in [0.1, 0.15) is 11.5 Å². The molecule has 1 atom stereocenters. The summed E-state index contributed by atoms with van der Waals surface area (Å²) in [5.74, 6) is -0.980. The van der Waals surface area contributed by atoms with Gasteiger partial charge in [-0.25, -0.2) is 0 Å². The Morgan fingerprint density at radius 1 is 1.12 bits per heavy atom. The second kappa shape index (κ2) is 8.19. The summed E-state index contributed by atoms with van der Waals surface area (Å²) in [4.78, 5) is 24.1. The predicted molar refractivity (Wildman–Crippen MR) is 95.7 cm³/mol. The third kappa shape index (κ3) is 4.73. The molecule has 6 heteroatoms. The summed E-state index contributed by atoms with van der Waals surface area (Å²) in [5, 5.41) is 15.0. The number of carbonyl (C=O) groups is 2. The number of methoxy groups -OCH3 is 1. The van der Waals surface area contributed by atoms with Gasteiger partial charge in [-0.05, 0) is 49.2 Å². The van der Waals surface area contributed by atoms with Crippen LogP contribution in [0.15, 0.2) is 42.5 Å². The highest BCUT2D eigenvalue weighted by atomic mass is 16.5. The van der Waals surface area contributed by atoms with E-state index in [0.29, 0.717) is 17.0 Å². The van der Waals surface area contributed by atoms with E-state index < -0.39 is 17.9 Å². The van der Waals surface area contributed by atoms with Gasteiger partial charge < -0.3 is 20.5 Å². The van der Waals surface area contributed by atoms with Crippen LogP contribution in [0.1, 0.15) is 31.0 Å². The Balaban J connectivity index is 2.01. The summed E-state index contributed by atoms with van der Waals surface area (Å²) >= 11 is 0. The second-order valence-corrected chi connectivity index (χ2v) is 5.62. The summed E-state index contributed by atoms with van der Waals surface area (Å²) in [6.07, 6.45) is 0.899. The number of phenols is 1. The summed E-state index contributed by atoms with van der Waals surface area (Å²) in [6.45, 7) is 3.71. The number of phenolic OH excluding ortho intramolecular Hbond substituents is 1. The number of aryl methyl sites for hydroxylation is 1. The lowest BCUT2D eigenvalue weighted by Crippen LogP contribution is -2.36. The van der Waals surface area contributed by atoms with Gasteiger partial charge in [-0.3, -0.25) is 9.59 Å². The standard InChI is InChI=1S/C19H22N2O4/c1-4-13-5-7-14(8-6-13)21-19(24)18(23)20-12(2)16-11-15(25-3)9-10-17(16)22/h5-12,22H,4H2,1-3H3,(H,20,23)(H,21,24)/t12-/m1/s1. The molecule has 2 aromatic rings. The molecule has 2 amide bonds. The molecule has 0 bridgehead atoms. The van der Waals surface area contributed by atoms with Crippen molar-refractivity contribution < 1.29 is 19.4 Å². The zero-order chi connectivity index (χ0) is 18.4. The first-order valence-corrected chi connectivity index (χ1v) is 8.02. The number of rotatable bonds is 5. The fourth-order valence-electron chi connectivity index (χ4n) is 2.36. The van der Waals surface area contributed by atoms with E-state index in [0.717, 1.165) is 12.0 Å². The lowest BCUT2D eigenvalue weighted by molar-refractivity contribution is -0.136. The number of anilines is 1. The number of carbonyl (C=O) groups excluding carboxylic acids is 2. The van der Waals surface area contributed by atoms with Crippen molar-refractivity contribution in [2.45, 2.75) is 26.3 Å². The van der Waals surface area contributed by atoms with E-state index in [1.54, 1.807) is 31.2 Å². The molecule has 0 fully saturated rings. The number of ether oxygens (including phenoxy) is 1. The molecule has 0 aromatic heterocycles. The van der Waals surface area contributed by atoms with Gasteiger partial charge in [0.25, 0.3) is 0 Å². The van der Waals surface area contributed by atoms with E-state index >= 15 is 0 Å². The lowest BCUT2D eigenvalue weighted by Gasteiger charge is -2.16. The van der Waals surface area contributed by atoms with Crippen LogP contribution in [0.4, 0.5) is 5.69 Å². The molecule has 0 spiro atoms. The predicted octanol–water partition coefficient (Wildman–Crippen LogP) is 2.78. The Labute approximate surface area is 146 Å². The fraction of sp³-hybridized carbons (Fsp3) is 0.263. The van der Waals surface area contributed by atoms with Crippen molar-refractivity contribution in [3.63, 3.8) is 0 Å². The van der Waals surface area contributed by atoms with Gasteiger partial charge >= 0.3 is 11.8 Å². The van der Waals surface area contributed by atoms with Crippen molar-refractivity contribution in [2.24, 2.45) is 0 Å². The molecule has 0 aliphatic heterocycles. The normalized spacial score (nSPS) is 11.5. The highest BCUT2D eigenvalue weighted by molar-refractivity contribution is 6.39. The minimum Gasteiger partial charge on any atom is -0.508 e. The average Bonchev–Trinajstić information content (AvgIpc) is 2.62. The van der Waals surface area contributed by atoms with Crippen molar-refractivity contribution in [1.82, 2.24) is 5.32 Å². The van der Waals surface area contributed by atoms with E-state index in [1.165, 1.54) is 13.2 Å². The van der Waals surface area contributed by atoms with E-state index in [9.17, 15) is 14.7 Å². The van der Waals surface area contributed by atoms with Gasteiger partial charge in [-0.15, -0.1) is 0 Å². The first-order valence-electron chi connectivity index (χ1n) is 8.02. The van der Waals surface area contributed by atoms with Crippen LogP contribution in [-0.2, 0) is 16.0 Å². The number of nitrogens with one attached hydrogen (secondary N) is 2. The van der Waals surface area contributed by atoms with E-state index in [2.05, 4.69) is 10.6 Å². The van der Waals surface area contributed by atoms with Gasteiger partial charge in [0.2, 0.25) is 0 Å². The largest absolute Gasteiger partial charge is 0.508 e. The van der Waals surface area contributed by atoms with Gasteiger partial charge in [0.05, 0.1) is 13.2 Å². The van der Waals surface area contributed by atoms with Crippen molar-refractivity contribution in [3.05, 3.63) is 53.6 Å². The maximum absolute atomic E-state index is 12.1. The van der Waals surface area contributed by atoms with Crippen LogP contribution < -0.4 is 15.4 Å². The minimum absolute atomic E-state index is 0.0177. The summed E-state index contributed by atoms with van der Waals surface area (Å²) in [6, 6.07) is 11.4. The van der Waals surface area contributed by atoms with Crippen molar-refractivity contribution in [3.8, 4) is 11.5 Å². The van der Waals surface area contributed by atoms with Gasteiger partial charge in [-0.2, -0.15) is 0 Å². The third-order valence-electron chi connectivity index (χ3n) is 3.88. The van der Waals surface area contributed by atoms with Crippen molar-refractivity contribution in [2.75, 3.05) is 12.4 Å². The number of benzene rings is 2. The Bertz CT molecular complexity index is 757. The van der Waals surface area contributed by atoms with E-state index in [4.69, 9.17) is 4.74 Å². The number of hydrogen-bond donors (Lipinski definition) is 3. The molecule has 132 valence electrons. The number of amides is 2. The van der Waals surface area contributed by atoms with E-state index in [1.807, 2.05) is 19.1 Å². The second-order valence-electron chi connectivity index (χ2n) is 5.62. The highest BCUT2D eigenvalue weighted by Gasteiger charge is 2.19. The van der Waals surface area contributed by atoms with Crippen LogP contribution in [0.5, 0.6) is 11.5 Å². The van der Waals surface area contributed by atoms with Crippen LogP contribution >= 0.6 is 0 Å². The molecule has 0 unspecified atom stereocenters. The monoisotopic (exact) mass is 342 g/mol. The van der Waals surface area contributed by atoms with Gasteiger partial charge in [0, 0.05) is 11.3 Å². The molecular formula is C19H22N2O4. The molecule has 0 saturated carbocycles. The molecule has 0 aliphatic rings. The molecule has 3 N–H and O–H groups in total. The average molecular weight is 342 g/mol.